The van der Waals surface area contributed by atoms with Gasteiger partial charge in [0.15, 0.2) is 0 Å². The van der Waals surface area contributed by atoms with Gasteiger partial charge in [-0.2, -0.15) is 0 Å². The van der Waals surface area contributed by atoms with Crippen molar-refractivity contribution < 1.29 is 24.6 Å². The third-order valence-corrected chi connectivity index (χ3v) is 4.91. The van der Waals surface area contributed by atoms with Gasteiger partial charge in [0.05, 0.1) is 0 Å². The minimum Gasteiger partial charge on any atom is -0.481 e. The third kappa shape index (κ3) is 34.5. The molecule has 0 saturated heterocycles. The van der Waals surface area contributed by atoms with E-state index in [4.69, 9.17) is 10.2 Å². The molecule has 0 aliphatic heterocycles. The molecule has 0 fully saturated rings. The number of carbonyl (C=O) groups excluding carboxylic acids is 1. The van der Waals surface area contributed by atoms with Crippen molar-refractivity contribution in [2.24, 2.45) is 0 Å². The molecular formula is C24H46O5. The second-order valence-electron chi connectivity index (χ2n) is 8.04. The summed E-state index contributed by atoms with van der Waals surface area (Å²) < 4.78 is 0. The van der Waals surface area contributed by atoms with Crippen LogP contribution in [0.5, 0.6) is 0 Å². The lowest BCUT2D eigenvalue weighted by atomic mass is 10.0. The van der Waals surface area contributed by atoms with Gasteiger partial charge in [0, 0.05) is 19.3 Å². The largest absolute Gasteiger partial charge is 0.481 e. The molecule has 0 unspecified atom stereocenters. The Morgan fingerprint density at radius 1 is 0.483 bits per heavy atom. The van der Waals surface area contributed by atoms with Crippen molar-refractivity contribution in [3.63, 3.8) is 0 Å². The molecule has 5 nitrogen and oxygen atoms in total. The second-order valence-corrected chi connectivity index (χ2v) is 8.04. The molecule has 0 atom stereocenters. The molecule has 172 valence electrons. The van der Waals surface area contributed by atoms with Gasteiger partial charge in [0.2, 0.25) is 0 Å². The highest BCUT2D eigenvalue weighted by Gasteiger charge is 1.98. The quantitative estimate of drug-likeness (QED) is 0.206. The summed E-state index contributed by atoms with van der Waals surface area (Å²) in [7, 11) is 0. The van der Waals surface area contributed by atoms with Crippen molar-refractivity contribution in [1.29, 1.82) is 0 Å². The van der Waals surface area contributed by atoms with E-state index in [-0.39, 0.29) is 12.2 Å². The van der Waals surface area contributed by atoms with Crippen LogP contribution < -0.4 is 0 Å². The lowest BCUT2D eigenvalue weighted by Gasteiger charge is -2.03. The Labute approximate surface area is 178 Å². The highest BCUT2D eigenvalue weighted by molar-refractivity contribution is 5.76. The van der Waals surface area contributed by atoms with Crippen LogP contribution in [-0.4, -0.2) is 27.9 Å². The molecule has 5 heteroatoms. The van der Waals surface area contributed by atoms with E-state index in [2.05, 4.69) is 6.92 Å². The SMILES string of the molecule is CC(=O)CCCC(=O)O.CCCCCCCCCCCCCCCCCC(=O)O. The molecule has 0 radical (unpaired) electrons. The summed E-state index contributed by atoms with van der Waals surface area (Å²) in [6.07, 6.45) is 21.1. The summed E-state index contributed by atoms with van der Waals surface area (Å²) in [6.45, 7) is 3.73. The van der Waals surface area contributed by atoms with Gasteiger partial charge in [-0.15, -0.1) is 0 Å². The number of carboxylic acid groups (broad SMARTS) is 2. The van der Waals surface area contributed by atoms with Crippen LogP contribution >= 0.6 is 0 Å². The van der Waals surface area contributed by atoms with E-state index in [0.717, 1.165) is 12.8 Å². The molecule has 0 heterocycles. The van der Waals surface area contributed by atoms with Crippen molar-refractivity contribution in [2.45, 2.75) is 136 Å². The Hall–Kier alpha value is -1.39. The van der Waals surface area contributed by atoms with E-state index in [1.54, 1.807) is 0 Å². The van der Waals surface area contributed by atoms with Crippen LogP contribution in [0.2, 0.25) is 0 Å². The van der Waals surface area contributed by atoms with Crippen LogP contribution in [0, 0.1) is 0 Å². The highest BCUT2D eigenvalue weighted by atomic mass is 16.4. The van der Waals surface area contributed by atoms with Crippen LogP contribution in [0.4, 0.5) is 0 Å². The van der Waals surface area contributed by atoms with E-state index < -0.39 is 11.9 Å². The first-order valence-corrected chi connectivity index (χ1v) is 11.8. The van der Waals surface area contributed by atoms with Gasteiger partial charge >= 0.3 is 11.9 Å². The van der Waals surface area contributed by atoms with E-state index in [1.165, 1.54) is 90.4 Å². The number of unbranched alkanes of at least 4 members (excludes halogenated alkanes) is 14. The molecule has 0 amide bonds. The number of hydrogen-bond donors (Lipinski definition) is 2. The predicted octanol–water partition coefficient (Wildman–Crippen LogP) is 7.16. The van der Waals surface area contributed by atoms with Crippen molar-refractivity contribution in [3.05, 3.63) is 0 Å². The molecule has 0 saturated carbocycles. The van der Waals surface area contributed by atoms with E-state index in [9.17, 15) is 14.4 Å². The average molecular weight is 415 g/mol. The fraction of sp³-hybridized carbons (Fsp3) is 0.875. The normalized spacial score (nSPS) is 10.3. The lowest BCUT2D eigenvalue weighted by molar-refractivity contribution is -0.138. The molecule has 0 aromatic carbocycles. The maximum absolute atomic E-state index is 10.3. The first-order chi connectivity index (χ1) is 13.9. The molecule has 0 aliphatic rings. The van der Waals surface area contributed by atoms with Crippen LogP contribution in [0.15, 0.2) is 0 Å². The minimum atomic E-state index is -0.837. The fourth-order valence-electron chi connectivity index (χ4n) is 3.14. The maximum atomic E-state index is 10.3. The second kappa shape index (κ2) is 24.6. The van der Waals surface area contributed by atoms with Gasteiger partial charge in [-0.3, -0.25) is 9.59 Å². The van der Waals surface area contributed by atoms with E-state index >= 15 is 0 Å². The summed E-state index contributed by atoms with van der Waals surface area (Å²) in [4.78, 5) is 30.4. The van der Waals surface area contributed by atoms with Gasteiger partial charge < -0.3 is 15.0 Å². The molecule has 0 bridgehead atoms. The predicted molar refractivity (Wildman–Crippen MR) is 119 cm³/mol. The zero-order valence-corrected chi connectivity index (χ0v) is 19.1. The lowest BCUT2D eigenvalue weighted by Crippen LogP contribution is -1.96. The number of carboxylic acids is 2. The fourth-order valence-corrected chi connectivity index (χ4v) is 3.14. The Kier molecular flexibility index (Phi) is 25.3. The maximum Gasteiger partial charge on any atom is 0.303 e. The zero-order chi connectivity index (χ0) is 22.2. The molecule has 0 aromatic rings. The van der Waals surface area contributed by atoms with E-state index in [0.29, 0.717) is 19.3 Å². The number of hydrogen-bond acceptors (Lipinski definition) is 3. The Morgan fingerprint density at radius 2 is 0.793 bits per heavy atom. The van der Waals surface area contributed by atoms with Crippen LogP contribution in [0.3, 0.4) is 0 Å². The highest BCUT2D eigenvalue weighted by Crippen LogP contribution is 2.13. The summed E-state index contributed by atoms with van der Waals surface area (Å²) >= 11 is 0. The Morgan fingerprint density at radius 3 is 1.10 bits per heavy atom. The zero-order valence-electron chi connectivity index (χ0n) is 19.1. The number of rotatable bonds is 20. The van der Waals surface area contributed by atoms with Gasteiger partial charge in [-0.05, 0) is 19.8 Å². The minimum absolute atomic E-state index is 0.0521. The summed E-state index contributed by atoms with van der Waals surface area (Å²) in [5.74, 6) is -1.44. The number of carbonyl (C=O) groups is 3. The third-order valence-electron chi connectivity index (χ3n) is 4.91. The standard InChI is InChI=1S/C18H36O2.C6H10O3/c1-2-3-4-5-6-7-8-9-10-11-12-13-14-15-16-17-18(19)20;1-5(7)3-2-4-6(8)9/h2-17H2,1H3,(H,19,20);2-4H2,1H3,(H,8,9). The van der Waals surface area contributed by atoms with Crippen LogP contribution in [0.25, 0.3) is 0 Å². The molecule has 2 N–H and O–H groups in total. The van der Waals surface area contributed by atoms with Crippen molar-refractivity contribution in [3.8, 4) is 0 Å². The average Bonchev–Trinajstić information content (AvgIpc) is 2.64. The molecule has 29 heavy (non-hydrogen) atoms. The van der Waals surface area contributed by atoms with Gasteiger partial charge in [0.1, 0.15) is 5.78 Å². The molecule has 0 aromatic heterocycles. The van der Waals surface area contributed by atoms with E-state index in [1.807, 2.05) is 0 Å². The topological polar surface area (TPSA) is 91.7 Å². The summed E-state index contributed by atoms with van der Waals surface area (Å²) in [5.41, 5.74) is 0. The van der Waals surface area contributed by atoms with Crippen molar-refractivity contribution in [2.75, 3.05) is 0 Å². The van der Waals surface area contributed by atoms with Crippen LogP contribution in [0.1, 0.15) is 136 Å². The smallest absolute Gasteiger partial charge is 0.303 e. The van der Waals surface area contributed by atoms with Gasteiger partial charge in [0.25, 0.3) is 0 Å². The summed E-state index contributed by atoms with van der Waals surface area (Å²) in [5, 5.41) is 16.6. The number of aliphatic carboxylic acids is 2. The van der Waals surface area contributed by atoms with Gasteiger partial charge in [-0.25, -0.2) is 0 Å². The monoisotopic (exact) mass is 414 g/mol. The first kappa shape index (κ1) is 29.8. The number of Topliss-reactive ketones (excluding diaryl/α,β-unsaturated/α-hetero) is 1. The molecular weight excluding hydrogens is 368 g/mol. The van der Waals surface area contributed by atoms with Gasteiger partial charge in [-0.1, -0.05) is 96.8 Å². The van der Waals surface area contributed by atoms with Crippen molar-refractivity contribution in [1.82, 2.24) is 0 Å². The molecule has 0 spiro atoms. The molecule has 0 aliphatic carbocycles. The number of ketones is 1. The van der Waals surface area contributed by atoms with Crippen molar-refractivity contribution >= 4 is 17.7 Å². The summed E-state index contributed by atoms with van der Waals surface area (Å²) in [6, 6.07) is 0. The first-order valence-electron chi connectivity index (χ1n) is 11.8. The Balaban J connectivity index is 0. The molecule has 0 rings (SSSR count). The van der Waals surface area contributed by atoms with Crippen LogP contribution in [-0.2, 0) is 14.4 Å². The Bertz CT molecular complexity index is 379.